The SMILES string of the molecule is CCc1ccc(NC(=O)OC(C)CN(NCc2ccccc2Cl)C(C)=O)cc1. The zero-order valence-corrected chi connectivity index (χ0v) is 17.1. The van der Waals surface area contributed by atoms with E-state index in [0.29, 0.717) is 17.3 Å². The van der Waals surface area contributed by atoms with E-state index in [0.717, 1.165) is 12.0 Å². The van der Waals surface area contributed by atoms with E-state index in [4.69, 9.17) is 16.3 Å². The van der Waals surface area contributed by atoms with Crippen molar-refractivity contribution in [1.29, 1.82) is 0 Å². The average molecular weight is 404 g/mol. The second kappa shape index (κ2) is 10.7. The molecule has 1 atom stereocenters. The summed E-state index contributed by atoms with van der Waals surface area (Å²) in [5.41, 5.74) is 5.75. The van der Waals surface area contributed by atoms with E-state index >= 15 is 0 Å². The van der Waals surface area contributed by atoms with Crippen molar-refractivity contribution in [1.82, 2.24) is 10.4 Å². The smallest absolute Gasteiger partial charge is 0.411 e. The molecule has 28 heavy (non-hydrogen) atoms. The van der Waals surface area contributed by atoms with Crippen molar-refractivity contribution >= 4 is 29.3 Å². The Bertz CT molecular complexity index is 796. The molecule has 0 aromatic heterocycles. The largest absolute Gasteiger partial charge is 0.444 e. The number of hydrogen-bond donors (Lipinski definition) is 2. The van der Waals surface area contributed by atoms with Gasteiger partial charge in [0.15, 0.2) is 0 Å². The van der Waals surface area contributed by atoms with E-state index in [2.05, 4.69) is 17.7 Å². The minimum atomic E-state index is -0.564. The molecule has 0 fully saturated rings. The van der Waals surface area contributed by atoms with Crippen LogP contribution in [0.3, 0.4) is 0 Å². The molecule has 0 saturated carbocycles. The van der Waals surface area contributed by atoms with Crippen LogP contribution in [0.5, 0.6) is 0 Å². The Balaban J connectivity index is 1.85. The summed E-state index contributed by atoms with van der Waals surface area (Å²) in [7, 11) is 0. The lowest BCUT2D eigenvalue weighted by Crippen LogP contribution is -2.46. The molecule has 0 saturated heterocycles. The highest BCUT2D eigenvalue weighted by Crippen LogP contribution is 2.15. The molecule has 150 valence electrons. The van der Waals surface area contributed by atoms with Gasteiger partial charge < -0.3 is 4.74 Å². The summed E-state index contributed by atoms with van der Waals surface area (Å²) in [6, 6.07) is 15.0. The Morgan fingerprint density at radius 2 is 1.82 bits per heavy atom. The molecule has 2 aromatic rings. The minimum absolute atomic E-state index is 0.182. The van der Waals surface area contributed by atoms with Crippen LogP contribution < -0.4 is 10.7 Å². The number of ether oxygens (including phenoxy) is 1. The lowest BCUT2D eigenvalue weighted by atomic mass is 10.1. The van der Waals surface area contributed by atoms with Gasteiger partial charge in [-0.25, -0.2) is 10.2 Å². The summed E-state index contributed by atoms with van der Waals surface area (Å²) in [4.78, 5) is 24.0. The summed E-state index contributed by atoms with van der Waals surface area (Å²) in [5, 5.41) is 4.73. The van der Waals surface area contributed by atoms with Crippen LogP contribution >= 0.6 is 11.6 Å². The second-order valence-electron chi connectivity index (χ2n) is 6.45. The van der Waals surface area contributed by atoms with Crippen LogP contribution in [-0.2, 0) is 22.5 Å². The topological polar surface area (TPSA) is 70.7 Å². The Kier molecular flexibility index (Phi) is 8.29. The number of nitrogens with one attached hydrogen (secondary N) is 2. The van der Waals surface area contributed by atoms with Crippen LogP contribution in [0.4, 0.5) is 10.5 Å². The highest BCUT2D eigenvalue weighted by Gasteiger charge is 2.17. The molecule has 0 heterocycles. The van der Waals surface area contributed by atoms with Crippen molar-refractivity contribution in [3.8, 4) is 0 Å². The highest BCUT2D eigenvalue weighted by atomic mass is 35.5. The first-order valence-corrected chi connectivity index (χ1v) is 9.58. The van der Waals surface area contributed by atoms with Crippen LogP contribution in [0, 0.1) is 0 Å². The molecule has 0 spiro atoms. The van der Waals surface area contributed by atoms with Gasteiger partial charge in [-0.15, -0.1) is 0 Å². The summed E-state index contributed by atoms with van der Waals surface area (Å²) >= 11 is 6.14. The summed E-state index contributed by atoms with van der Waals surface area (Å²) in [6.07, 6.45) is -0.131. The Morgan fingerprint density at radius 1 is 1.14 bits per heavy atom. The van der Waals surface area contributed by atoms with E-state index in [1.54, 1.807) is 13.0 Å². The number of rotatable bonds is 8. The number of aryl methyl sites for hydroxylation is 1. The van der Waals surface area contributed by atoms with Crippen LogP contribution in [-0.4, -0.2) is 29.7 Å². The molecule has 0 bridgehead atoms. The number of carbonyl (C=O) groups is 2. The lowest BCUT2D eigenvalue weighted by Gasteiger charge is -2.25. The number of nitrogens with zero attached hydrogens (tertiary/aromatic N) is 1. The standard InChI is InChI=1S/C21H26ClN3O3/c1-4-17-9-11-19(12-10-17)24-21(27)28-15(2)14-25(16(3)26)23-13-18-7-5-6-8-20(18)22/h5-12,15,23H,4,13-14H2,1-3H3,(H,24,27). The fourth-order valence-electron chi connectivity index (χ4n) is 2.57. The zero-order valence-electron chi connectivity index (χ0n) is 16.4. The van der Waals surface area contributed by atoms with Gasteiger partial charge in [-0.3, -0.25) is 15.1 Å². The highest BCUT2D eigenvalue weighted by molar-refractivity contribution is 6.31. The van der Waals surface area contributed by atoms with Gasteiger partial charge in [0.1, 0.15) is 6.10 Å². The molecule has 2 aromatic carbocycles. The van der Waals surface area contributed by atoms with Gasteiger partial charge in [-0.2, -0.15) is 0 Å². The van der Waals surface area contributed by atoms with Crippen LogP contribution in [0.2, 0.25) is 5.02 Å². The van der Waals surface area contributed by atoms with Gasteiger partial charge in [0.25, 0.3) is 0 Å². The minimum Gasteiger partial charge on any atom is -0.444 e. The van der Waals surface area contributed by atoms with Crippen LogP contribution in [0.15, 0.2) is 48.5 Å². The van der Waals surface area contributed by atoms with Crippen molar-refractivity contribution in [2.45, 2.75) is 39.8 Å². The van der Waals surface area contributed by atoms with Crippen LogP contribution in [0.25, 0.3) is 0 Å². The number of amides is 2. The van der Waals surface area contributed by atoms with Crippen molar-refractivity contribution in [2.24, 2.45) is 0 Å². The maximum atomic E-state index is 12.1. The molecule has 2 rings (SSSR count). The Labute approximate surface area is 170 Å². The Hall–Kier alpha value is -2.57. The number of anilines is 1. The van der Waals surface area contributed by atoms with E-state index in [1.807, 2.05) is 42.5 Å². The number of carbonyl (C=O) groups excluding carboxylic acids is 2. The number of hydrazine groups is 1. The van der Waals surface area contributed by atoms with Gasteiger partial charge in [0.05, 0.1) is 6.54 Å². The predicted octanol–water partition coefficient (Wildman–Crippen LogP) is 4.39. The van der Waals surface area contributed by atoms with Crippen molar-refractivity contribution < 1.29 is 14.3 Å². The summed E-state index contributed by atoms with van der Waals surface area (Å²) < 4.78 is 5.36. The molecular weight excluding hydrogens is 378 g/mol. The first-order chi connectivity index (χ1) is 13.4. The third-order valence-electron chi connectivity index (χ3n) is 4.15. The molecule has 2 N–H and O–H groups in total. The van der Waals surface area contributed by atoms with E-state index < -0.39 is 12.2 Å². The maximum absolute atomic E-state index is 12.1. The van der Waals surface area contributed by atoms with Gasteiger partial charge in [0, 0.05) is 24.2 Å². The Morgan fingerprint density at radius 3 is 2.43 bits per heavy atom. The second-order valence-corrected chi connectivity index (χ2v) is 6.85. The molecule has 0 aliphatic carbocycles. The molecular formula is C21H26ClN3O3. The predicted molar refractivity (Wildman–Crippen MR) is 111 cm³/mol. The van der Waals surface area contributed by atoms with Crippen molar-refractivity contribution in [2.75, 3.05) is 11.9 Å². The molecule has 7 heteroatoms. The van der Waals surface area contributed by atoms with Crippen molar-refractivity contribution in [3.05, 3.63) is 64.7 Å². The molecule has 1 unspecified atom stereocenters. The first kappa shape index (κ1) is 21.7. The fraction of sp³-hybridized carbons (Fsp3) is 0.333. The average Bonchev–Trinajstić information content (AvgIpc) is 2.66. The maximum Gasteiger partial charge on any atom is 0.411 e. The van der Waals surface area contributed by atoms with E-state index in [1.165, 1.54) is 17.5 Å². The fourth-order valence-corrected chi connectivity index (χ4v) is 2.78. The van der Waals surface area contributed by atoms with Crippen LogP contribution in [0.1, 0.15) is 31.9 Å². The quantitative estimate of drug-likeness (QED) is 0.641. The number of halogens is 1. The number of benzene rings is 2. The van der Waals surface area contributed by atoms with Gasteiger partial charge in [-0.1, -0.05) is 48.9 Å². The monoisotopic (exact) mass is 403 g/mol. The molecule has 0 aliphatic rings. The lowest BCUT2D eigenvalue weighted by molar-refractivity contribution is -0.133. The van der Waals surface area contributed by atoms with Gasteiger partial charge in [0.2, 0.25) is 5.91 Å². The summed E-state index contributed by atoms with van der Waals surface area (Å²) in [6.45, 7) is 5.84. The molecule has 6 nitrogen and oxygen atoms in total. The molecule has 0 radical (unpaired) electrons. The molecule has 0 aliphatic heterocycles. The third-order valence-corrected chi connectivity index (χ3v) is 4.52. The zero-order chi connectivity index (χ0) is 20.5. The third kappa shape index (κ3) is 6.87. The molecule has 2 amide bonds. The van der Waals surface area contributed by atoms with Gasteiger partial charge >= 0.3 is 6.09 Å². The number of hydrogen-bond acceptors (Lipinski definition) is 4. The van der Waals surface area contributed by atoms with E-state index in [9.17, 15) is 9.59 Å². The van der Waals surface area contributed by atoms with E-state index in [-0.39, 0.29) is 12.5 Å². The van der Waals surface area contributed by atoms with Crippen molar-refractivity contribution in [3.63, 3.8) is 0 Å². The normalized spacial score (nSPS) is 11.6. The summed E-state index contributed by atoms with van der Waals surface area (Å²) in [5.74, 6) is -0.182. The van der Waals surface area contributed by atoms with Gasteiger partial charge in [-0.05, 0) is 42.7 Å². The first-order valence-electron chi connectivity index (χ1n) is 9.20.